The standard InChI is InChI=1S/C14H11BrN2/c1-10-12-7-8-14(15)13(12)9-16-17(10)11-5-3-2-4-6-11/h2-9H,1H3. The van der Waals surface area contributed by atoms with Crippen molar-refractivity contribution in [3.63, 3.8) is 0 Å². The molecule has 1 aliphatic heterocycles. The zero-order valence-electron chi connectivity index (χ0n) is 9.39. The predicted molar refractivity (Wildman–Crippen MR) is 72.6 cm³/mol. The fourth-order valence-corrected chi connectivity index (χ4v) is 2.51. The summed E-state index contributed by atoms with van der Waals surface area (Å²) in [6, 6.07) is 14.4. The molecule has 0 unspecified atom stereocenters. The Hall–Kier alpha value is -1.61. The lowest BCUT2D eigenvalue weighted by atomic mass is 10.1. The molecule has 0 spiro atoms. The molecule has 0 amide bonds. The first-order valence-electron chi connectivity index (χ1n) is 5.45. The number of hydrogen-bond acceptors (Lipinski definition) is 1. The molecule has 3 heteroatoms. The van der Waals surface area contributed by atoms with Crippen molar-refractivity contribution in [2.75, 3.05) is 0 Å². The average molecular weight is 287 g/mol. The molecule has 0 N–H and O–H groups in total. The molecule has 2 aliphatic rings. The molecule has 1 aromatic rings. The number of nitrogens with zero attached hydrogens (tertiary/aromatic N) is 2. The van der Waals surface area contributed by atoms with Crippen molar-refractivity contribution in [1.82, 2.24) is 9.78 Å². The van der Waals surface area contributed by atoms with E-state index in [0.717, 1.165) is 21.4 Å². The number of fused-ring (bicyclic) bond motifs is 1. The van der Waals surface area contributed by atoms with Crippen LogP contribution < -0.4 is 0 Å². The van der Waals surface area contributed by atoms with Crippen LogP contribution in [0.1, 0.15) is 5.69 Å². The van der Waals surface area contributed by atoms with Crippen molar-refractivity contribution < 1.29 is 0 Å². The Bertz CT molecular complexity index is 628. The summed E-state index contributed by atoms with van der Waals surface area (Å²) in [6.07, 6.45) is 1.90. The molecule has 0 fully saturated rings. The molecule has 0 atom stereocenters. The van der Waals surface area contributed by atoms with Crippen LogP contribution in [0.2, 0.25) is 0 Å². The van der Waals surface area contributed by atoms with Gasteiger partial charge in [0.05, 0.1) is 11.9 Å². The second-order valence-electron chi connectivity index (χ2n) is 3.99. The summed E-state index contributed by atoms with van der Waals surface area (Å²) in [5.74, 6) is 0. The maximum atomic E-state index is 4.50. The van der Waals surface area contributed by atoms with E-state index < -0.39 is 0 Å². The van der Waals surface area contributed by atoms with E-state index >= 15 is 0 Å². The van der Waals surface area contributed by atoms with Crippen molar-refractivity contribution in [2.24, 2.45) is 0 Å². The Morgan fingerprint density at radius 2 is 1.76 bits per heavy atom. The Morgan fingerprint density at radius 1 is 1.00 bits per heavy atom. The van der Waals surface area contributed by atoms with E-state index in [1.54, 1.807) is 0 Å². The van der Waals surface area contributed by atoms with Gasteiger partial charge in [0, 0.05) is 21.3 Å². The fourth-order valence-electron chi connectivity index (χ4n) is 2.06. The van der Waals surface area contributed by atoms with E-state index in [-0.39, 0.29) is 0 Å². The molecule has 0 saturated heterocycles. The van der Waals surface area contributed by atoms with Gasteiger partial charge >= 0.3 is 0 Å². The van der Waals surface area contributed by atoms with E-state index in [1.807, 2.05) is 29.1 Å². The Morgan fingerprint density at radius 3 is 2.53 bits per heavy atom. The molecule has 3 rings (SSSR count). The maximum Gasteiger partial charge on any atom is 0.0648 e. The normalized spacial score (nSPS) is 10.9. The Labute approximate surface area is 108 Å². The molecule has 2 nitrogen and oxygen atoms in total. The lowest BCUT2D eigenvalue weighted by molar-refractivity contribution is 0.808. The van der Waals surface area contributed by atoms with Gasteiger partial charge in [0.2, 0.25) is 0 Å². The van der Waals surface area contributed by atoms with Gasteiger partial charge in [0.25, 0.3) is 0 Å². The summed E-state index contributed by atoms with van der Waals surface area (Å²) in [5.41, 5.74) is 4.63. The van der Waals surface area contributed by atoms with Crippen LogP contribution in [0.25, 0.3) is 16.8 Å². The smallest absolute Gasteiger partial charge is 0.0648 e. The van der Waals surface area contributed by atoms with Crippen LogP contribution in [0.4, 0.5) is 0 Å². The third kappa shape index (κ3) is 1.67. The monoisotopic (exact) mass is 286 g/mol. The summed E-state index contributed by atoms with van der Waals surface area (Å²) < 4.78 is 3.07. The van der Waals surface area contributed by atoms with Gasteiger partial charge in [-0.1, -0.05) is 40.2 Å². The third-order valence-electron chi connectivity index (χ3n) is 2.95. The minimum absolute atomic E-state index is 1.09. The molecule has 0 aromatic heterocycles. The second-order valence-corrected chi connectivity index (χ2v) is 4.84. The first kappa shape index (κ1) is 10.5. The zero-order valence-corrected chi connectivity index (χ0v) is 11.0. The van der Waals surface area contributed by atoms with Gasteiger partial charge < -0.3 is 0 Å². The highest BCUT2D eigenvalue weighted by Crippen LogP contribution is 2.34. The van der Waals surface area contributed by atoms with Crippen LogP contribution in [0.5, 0.6) is 0 Å². The topological polar surface area (TPSA) is 17.8 Å². The molecule has 1 aliphatic carbocycles. The highest BCUT2D eigenvalue weighted by atomic mass is 79.9. The van der Waals surface area contributed by atoms with Crippen LogP contribution in [-0.4, -0.2) is 9.78 Å². The predicted octanol–water partition coefficient (Wildman–Crippen LogP) is 4.05. The largest absolute Gasteiger partial charge is 0.238 e. The lowest BCUT2D eigenvalue weighted by Gasteiger charge is -2.13. The first-order chi connectivity index (χ1) is 8.27. The third-order valence-corrected chi connectivity index (χ3v) is 3.65. The van der Waals surface area contributed by atoms with E-state index in [0.29, 0.717) is 0 Å². The van der Waals surface area contributed by atoms with Crippen molar-refractivity contribution >= 4 is 15.9 Å². The molecule has 0 radical (unpaired) electrons. The van der Waals surface area contributed by atoms with Crippen molar-refractivity contribution in [1.29, 1.82) is 0 Å². The van der Waals surface area contributed by atoms with E-state index in [2.05, 4.69) is 52.2 Å². The molecule has 0 bridgehead atoms. The van der Waals surface area contributed by atoms with Crippen molar-refractivity contribution in [3.8, 4) is 16.8 Å². The summed E-state index contributed by atoms with van der Waals surface area (Å²) in [4.78, 5) is 0. The van der Waals surface area contributed by atoms with Crippen LogP contribution >= 0.6 is 15.9 Å². The van der Waals surface area contributed by atoms with Gasteiger partial charge in [-0.2, -0.15) is 5.10 Å². The number of halogens is 1. The maximum absolute atomic E-state index is 4.50. The van der Waals surface area contributed by atoms with E-state index in [4.69, 9.17) is 0 Å². The number of para-hydroxylation sites is 1. The quantitative estimate of drug-likeness (QED) is 0.660. The fraction of sp³-hybridized carbons (Fsp3) is 0.0714. The second kappa shape index (κ2) is 4.00. The van der Waals surface area contributed by atoms with E-state index in [9.17, 15) is 0 Å². The highest BCUT2D eigenvalue weighted by Gasteiger charge is 2.13. The number of benzene rings is 1. The van der Waals surface area contributed by atoms with Gasteiger partial charge in [-0.3, -0.25) is 0 Å². The molecule has 0 saturated carbocycles. The first-order valence-corrected chi connectivity index (χ1v) is 6.25. The summed E-state index contributed by atoms with van der Waals surface area (Å²) >= 11 is 3.53. The minimum Gasteiger partial charge on any atom is -0.238 e. The molecule has 17 heavy (non-hydrogen) atoms. The van der Waals surface area contributed by atoms with Crippen LogP contribution in [0, 0.1) is 6.92 Å². The van der Waals surface area contributed by atoms with Crippen molar-refractivity contribution in [3.05, 3.63) is 58.8 Å². The molecular weight excluding hydrogens is 276 g/mol. The van der Waals surface area contributed by atoms with Gasteiger partial charge in [0.15, 0.2) is 0 Å². The average Bonchev–Trinajstić information content (AvgIpc) is 2.74. The summed E-state index contributed by atoms with van der Waals surface area (Å²) in [6.45, 7) is 2.09. The van der Waals surface area contributed by atoms with Crippen LogP contribution in [-0.2, 0) is 0 Å². The molecule has 1 heterocycles. The summed E-state index contributed by atoms with van der Waals surface area (Å²) in [7, 11) is 0. The molecule has 84 valence electrons. The van der Waals surface area contributed by atoms with Gasteiger partial charge in [-0.15, -0.1) is 0 Å². The zero-order chi connectivity index (χ0) is 11.8. The Balaban J connectivity index is 2.26. The lowest BCUT2D eigenvalue weighted by Crippen LogP contribution is -2.06. The van der Waals surface area contributed by atoms with Crippen LogP contribution in [0.15, 0.2) is 53.1 Å². The highest BCUT2D eigenvalue weighted by molar-refractivity contribution is 9.10. The number of rotatable bonds is 1. The Kier molecular flexibility index (Phi) is 2.48. The number of aromatic nitrogens is 2. The molecular formula is C14H11BrN2. The van der Waals surface area contributed by atoms with Gasteiger partial charge in [-0.05, 0) is 25.1 Å². The van der Waals surface area contributed by atoms with Crippen molar-refractivity contribution in [2.45, 2.75) is 6.92 Å². The van der Waals surface area contributed by atoms with Gasteiger partial charge in [-0.25, -0.2) is 4.68 Å². The SMILES string of the molecule is Cc1c2ccc(Br)c-2cnn1-c1ccccc1. The summed E-state index contributed by atoms with van der Waals surface area (Å²) in [5, 5.41) is 4.50. The van der Waals surface area contributed by atoms with Gasteiger partial charge in [0.1, 0.15) is 0 Å². The number of hydrogen-bond donors (Lipinski definition) is 0. The van der Waals surface area contributed by atoms with Crippen LogP contribution in [0.3, 0.4) is 0 Å². The minimum atomic E-state index is 1.09. The molecule has 1 aromatic carbocycles. The van der Waals surface area contributed by atoms with E-state index in [1.165, 1.54) is 5.56 Å².